The van der Waals surface area contributed by atoms with E-state index in [0.29, 0.717) is 6.54 Å². The molecule has 0 aromatic carbocycles. The second-order valence-corrected chi connectivity index (χ2v) is 3.66. The van der Waals surface area contributed by atoms with Gasteiger partial charge in [-0.15, -0.1) is 0 Å². The summed E-state index contributed by atoms with van der Waals surface area (Å²) < 4.78 is 0. The topological polar surface area (TPSA) is 99.2 Å². The lowest BCUT2D eigenvalue weighted by Gasteiger charge is -2.04. The number of aliphatic hydroxyl groups excluding tert-OH is 1. The molecule has 0 aliphatic carbocycles. The monoisotopic (exact) mass is 227 g/mol. The van der Waals surface area contributed by atoms with Crippen LogP contribution >= 0.6 is 0 Å². The van der Waals surface area contributed by atoms with Crippen molar-refractivity contribution < 1.29 is 9.90 Å². The van der Waals surface area contributed by atoms with Gasteiger partial charge in [-0.05, 0) is 6.42 Å². The number of rotatable bonds is 8. The standard InChI is InChI=1S/C11H21N3O2/c1-2-3-4-5-6-7-14-11(16)9(15)8-10(12)13/h8,15H,2-7H2,1H3,(H3,12,13)(H,14,16)/b9-8+. The van der Waals surface area contributed by atoms with Gasteiger partial charge in [-0.1, -0.05) is 32.6 Å². The van der Waals surface area contributed by atoms with Gasteiger partial charge in [0.25, 0.3) is 5.91 Å². The molecule has 92 valence electrons. The number of nitrogens with two attached hydrogens (primary N) is 1. The SMILES string of the molecule is CCCCCCCNC(=O)/C(O)=C\C(=N)N. The number of amides is 1. The van der Waals surface area contributed by atoms with Crippen LogP contribution in [0.1, 0.15) is 39.0 Å². The molecule has 0 unspecified atom stereocenters. The maximum absolute atomic E-state index is 11.2. The molecule has 0 rings (SSSR count). The smallest absolute Gasteiger partial charge is 0.286 e. The van der Waals surface area contributed by atoms with Crippen molar-refractivity contribution in [2.75, 3.05) is 6.54 Å². The summed E-state index contributed by atoms with van der Waals surface area (Å²) in [5.74, 6) is -1.43. The summed E-state index contributed by atoms with van der Waals surface area (Å²) in [5, 5.41) is 18.6. The Morgan fingerprint density at radius 1 is 1.38 bits per heavy atom. The third kappa shape index (κ3) is 7.84. The zero-order valence-corrected chi connectivity index (χ0v) is 9.75. The summed E-state index contributed by atoms with van der Waals surface area (Å²) in [7, 11) is 0. The van der Waals surface area contributed by atoms with Gasteiger partial charge in [0.2, 0.25) is 0 Å². The molecule has 0 bridgehead atoms. The molecule has 0 spiro atoms. The fraction of sp³-hybridized carbons (Fsp3) is 0.636. The van der Waals surface area contributed by atoms with Crippen LogP contribution in [0.2, 0.25) is 0 Å². The van der Waals surface area contributed by atoms with E-state index < -0.39 is 11.7 Å². The van der Waals surface area contributed by atoms with Gasteiger partial charge in [0, 0.05) is 12.6 Å². The van der Waals surface area contributed by atoms with Crippen LogP contribution in [0.4, 0.5) is 0 Å². The predicted octanol–water partition coefficient (Wildman–Crippen LogP) is 1.45. The zero-order valence-electron chi connectivity index (χ0n) is 9.75. The summed E-state index contributed by atoms with van der Waals surface area (Å²) in [6.45, 7) is 2.69. The highest BCUT2D eigenvalue weighted by Crippen LogP contribution is 2.01. The first kappa shape index (κ1) is 14.5. The maximum atomic E-state index is 11.2. The zero-order chi connectivity index (χ0) is 12.4. The molecule has 0 aromatic rings. The number of carbonyl (C=O) groups excluding carboxylic acids is 1. The van der Waals surface area contributed by atoms with Crippen LogP contribution in [0.15, 0.2) is 11.8 Å². The molecule has 5 heteroatoms. The molecule has 0 radical (unpaired) electrons. The van der Waals surface area contributed by atoms with E-state index in [1.165, 1.54) is 19.3 Å². The van der Waals surface area contributed by atoms with Gasteiger partial charge in [0.15, 0.2) is 5.76 Å². The molecule has 5 N–H and O–H groups in total. The Hall–Kier alpha value is -1.52. The Balaban J connectivity index is 3.62. The van der Waals surface area contributed by atoms with Crippen LogP contribution in [0, 0.1) is 5.41 Å². The molecule has 0 saturated heterocycles. The highest BCUT2D eigenvalue weighted by molar-refractivity contribution is 5.99. The van der Waals surface area contributed by atoms with Crippen LogP contribution < -0.4 is 11.1 Å². The minimum absolute atomic E-state index is 0.337. The first-order valence-electron chi connectivity index (χ1n) is 5.60. The van der Waals surface area contributed by atoms with Crippen LogP contribution in [-0.4, -0.2) is 23.4 Å². The molecule has 0 fully saturated rings. The van der Waals surface area contributed by atoms with Crippen LogP contribution in [0.5, 0.6) is 0 Å². The first-order valence-corrected chi connectivity index (χ1v) is 5.60. The lowest BCUT2D eigenvalue weighted by molar-refractivity contribution is -0.119. The number of amidine groups is 1. The van der Waals surface area contributed by atoms with Gasteiger partial charge >= 0.3 is 0 Å². The summed E-state index contributed by atoms with van der Waals surface area (Å²) in [6, 6.07) is 0. The molecule has 0 aliphatic rings. The van der Waals surface area contributed by atoms with Crippen LogP contribution in [0.3, 0.4) is 0 Å². The molecular weight excluding hydrogens is 206 g/mol. The minimum Gasteiger partial charge on any atom is -0.503 e. The van der Waals surface area contributed by atoms with Crippen molar-refractivity contribution in [2.24, 2.45) is 5.73 Å². The lowest BCUT2D eigenvalue weighted by Crippen LogP contribution is -2.26. The Kier molecular flexibility index (Phi) is 7.93. The molecule has 0 aliphatic heterocycles. The van der Waals surface area contributed by atoms with E-state index >= 15 is 0 Å². The number of nitrogens with one attached hydrogen (secondary N) is 2. The fourth-order valence-electron chi connectivity index (χ4n) is 1.23. The van der Waals surface area contributed by atoms with Gasteiger partial charge in [0.1, 0.15) is 5.84 Å². The van der Waals surface area contributed by atoms with Gasteiger partial charge in [0.05, 0.1) is 0 Å². The van der Waals surface area contributed by atoms with E-state index in [4.69, 9.17) is 16.2 Å². The van der Waals surface area contributed by atoms with E-state index in [9.17, 15) is 4.79 Å². The Bertz CT molecular complexity index is 262. The van der Waals surface area contributed by atoms with Gasteiger partial charge in [-0.2, -0.15) is 0 Å². The van der Waals surface area contributed by atoms with E-state index in [1.54, 1.807) is 0 Å². The fourth-order valence-corrected chi connectivity index (χ4v) is 1.23. The second-order valence-electron chi connectivity index (χ2n) is 3.66. The van der Waals surface area contributed by atoms with E-state index in [2.05, 4.69) is 12.2 Å². The Labute approximate surface area is 96.2 Å². The first-order chi connectivity index (χ1) is 7.57. The molecule has 1 amide bonds. The average Bonchev–Trinajstić information content (AvgIpc) is 2.21. The highest BCUT2D eigenvalue weighted by Gasteiger charge is 2.06. The minimum atomic E-state index is -0.578. The molecule has 0 heterocycles. The van der Waals surface area contributed by atoms with E-state index in [0.717, 1.165) is 18.9 Å². The third-order valence-electron chi connectivity index (χ3n) is 2.09. The van der Waals surface area contributed by atoms with E-state index in [1.807, 2.05) is 0 Å². The van der Waals surface area contributed by atoms with Crippen molar-refractivity contribution in [3.8, 4) is 0 Å². The Morgan fingerprint density at radius 2 is 2.00 bits per heavy atom. The van der Waals surface area contributed by atoms with Crippen molar-refractivity contribution in [2.45, 2.75) is 39.0 Å². The number of carbonyl (C=O) groups is 1. The lowest BCUT2D eigenvalue weighted by atomic mass is 10.1. The number of aliphatic hydroxyl groups is 1. The summed E-state index contributed by atoms with van der Waals surface area (Å²) in [5.41, 5.74) is 5.01. The van der Waals surface area contributed by atoms with E-state index in [-0.39, 0.29) is 5.84 Å². The summed E-state index contributed by atoms with van der Waals surface area (Å²) >= 11 is 0. The number of hydrogen-bond acceptors (Lipinski definition) is 3. The van der Waals surface area contributed by atoms with Gasteiger partial charge in [-0.3, -0.25) is 10.2 Å². The highest BCUT2D eigenvalue weighted by atomic mass is 16.3. The van der Waals surface area contributed by atoms with Crippen molar-refractivity contribution in [1.29, 1.82) is 5.41 Å². The maximum Gasteiger partial charge on any atom is 0.286 e. The third-order valence-corrected chi connectivity index (χ3v) is 2.09. The summed E-state index contributed by atoms with van der Waals surface area (Å²) in [4.78, 5) is 11.2. The van der Waals surface area contributed by atoms with Crippen molar-refractivity contribution >= 4 is 11.7 Å². The largest absolute Gasteiger partial charge is 0.503 e. The van der Waals surface area contributed by atoms with Gasteiger partial charge < -0.3 is 16.2 Å². The molecule has 0 aromatic heterocycles. The molecular formula is C11H21N3O2. The van der Waals surface area contributed by atoms with Gasteiger partial charge in [-0.25, -0.2) is 0 Å². The Morgan fingerprint density at radius 3 is 2.56 bits per heavy atom. The van der Waals surface area contributed by atoms with Crippen molar-refractivity contribution in [3.05, 3.63) is 11.8 Å². The van der Waals surface area contributed by atoms with Crippen LogP contribution in [-0.2, 0) is 4.79 Å². The van der Waals surface area contributed by atoms with Crippen LogP contribution in [0.25, 0.3) is 0 Å². The normalized spacial score (nSPS) is 11.2. The summed E-state index contributed by atoms with van der Waals surface area (Å²) in [6.07, 6.45) is 6.47. The number of hydrogen-bond donors (Lipinski definition) is 4. The molecule has 5 nitrogen and oxygen atoms in total. The predicted molar refractivity (Wildman–Crippen MR) is 64.4 cm³/mol. The quantitative estimate of drug-likeness (QED) is 0.166. The molecule has 0 atom stereocenters. The second kappa shape index (κ2) is 8.76. The average molecular weight is 227 g/mol. The molecule has 16 heavy (non-hydrogen) atoms. The van der Waals surface area contributed by atoms with Crippen molar-refractivity contribution in [3.63, 3.8) is 0 Å². The molecule has 0 saturated carbocycles. The number of unbranched alkanes of at least 4 members (excludes halogenated alkanes) is 4. The van der Waals surface area contributed by atoms with Crippen molar-refractivity contribution in [1.82, 2.24) is 5.32 Å².